The standard InChI is InChI=1S/C17H26O4/c1-15-8-4-9-16(2,14(19)20)11(15)7-10-17(3)12(15)5-6-13(18)21-17/h11-12H,4-10H2,1-3H3,(H,19,20)/t11-,12-,15+,16-,17-/m1/s1. The van der Waals surface area contributed by atoms with Gasteiger partial charge in [0.25, 0.3) is 0 Å². The Balaban J connectivity index is 1.99. The molecule has 0 spiro atoms. The Morgan fingerprint density at radius 2 is 1.86 bits per heavy atom. The summed E-state index contributed by atoms with van der Waals surface area (Å²) in [5, 5.41) is 9.77. The molecule has 0 amide bonds. The number of rotatable bonds is 1. The highest BCUT2D eigenvalue weighted by molar-refractivity contribution is 5.75. The highest BCUT2D eigenvalue weighted by atomic mass is 16.6. The maximum absolute atomic E-state index is 11.9. The first-order valence-corrected chi connectivity index (χ1v) is 8.18. The third kappa shape index (κ3) is 1.94. The van der Waals surface area contributed by atoms with Crippen LogP contribution in [0.4, 0.5) is 0 Å². The van der Waals surface area contributed by atoms with Gasteiger partial charge < -0.3 is 9.84 Å². The normalized spacial score (nSPS) is 49.8. The Bertz CT molecular complexity index is 487. The van der Waals surface area contributed by atoms with E-state index in [4.69, 9.17) is 4.74 Å². The van der Waals surface area contributed by atoms with E-state index in [1.807, 2.05) is 6.92 Å². The van der Waals surface area contributed by atoms with E-state index in [9.17, 15) is 14.7 Å². The summed E-state index contributed by atoms with van der Waals surface area (Å²) in [6.45, 7) is 6.23. The quantitative estimate of drug-likeness (QED) is 0.753. The molecule has 1 aliphatic heterocycles. The van der Waals surface area contributed by atoms with Crippen LogP contribution < -0.4 is 0 Å². The molecule has 0 bridgehead atoms. The van der Waals surface area contributed by atoms with Gasteiger partial charge >= 0.3 is 11.9 Å². The molecule has 1 saturated heterocycles. The summed E-state index contributed by atoms with van der Waals surface area (Å²) in [5.41, 5.74) is -1.05. The van der Waals surface area contributed by atoms with Crippen LogP contribution in [-0.4, -0.2) is 22.6 Å². The SMILES string of the molecule is C[C@]12CCC[C@@](C)(C(=O)O)[C@@H]1CC[C@@]1(C)OC(=O)CC[C@H]21. The fourth-order valence-corrected chi connectivity index (χ4v) is 5.87. The van der Waals surface area contributed by atoms with Crippen LogP contribution in [0.1, 0.15) is 65.7 Å². The van der Waals surface area contributed by atoms with Crippen LogP contribution in [0.3, 0.4) is 0 Å². The van der Waals surface area contributed by atoms with Crippen molar-refractivity contribution in [3.8, 4) is 0 Å². The van der Waals surface area contributed by atoms with Gasteiger partial charge in [0.2, 0.25) is 0 Å². The van der Waals surface area contributed by atoms with Crippen molar-refractivity contribution in [1.82, 2.24) is 0 Å². The zero-order chi connectivity index (χ0) is 15.5. The zero-order valence-electron chi connectivity index (χ0n) is 13.3. The largest absolute Gasteiger partial charge is 0.481 e. The highest BCUT2D eigenvalue weighted by Crippen LogP contribution is 2.64. The van der Waals surface area contributed by atoms with Gasteiger partial charge in [-0.1, -0.05) is 13.3 Å². The number of carboxylic acids is 1. The van der Waals surface area contributed by atoms with Gasteiger partial charge in [-0.25, -0.2) is 0 Å². The van der Waals surface area contributed by atoms with Crippen LogP contribution >= 0.6 is 0 Å². The van der Waals surface area contributed by atoms with Crippen molar-refractivity contribution in [2.75, 3.05) is 0 Å². The summed E-state index contributed by atoms with van der Waals surface area (Å²) in [5.74, 6) is -0.269. The van der Waals surface area contributed by atoms with Crippen molar-refractivity contribution >= 4 is 11.9 Å². The highest BCUT2D eigenvalue weighted by Gasteiger charge is 2.63. The van der Waals surface area contributed by atoms with Crippen LogP contribution in [0.5, 0.6) is 0 Å². The Kier molecular flexibility index (Phi) is 3.16. The molecule has 3 aliphatic rings. The summed E-state index contributed by atoms with van der Waals surface area (Å²) < 4.78 is 5.73. The molecule has 0 aromatic rings. The third-order valence-corrected chi connectivity index (χ3v) is 6.91. The first-order valence-electron chi connectivity index (χ1n) is 8.18. The summed E-state index contributed by atoms with van der Waals surface area (Å²) in [6, 6.07) is 0. The molecule has 1 heterocycles. The predicted molar refractivity (Wildman–Crippen MR) is 77.6 cm³/mol. The van der Waals surface area contributed by atoms with Gasteiger partial charge in [-0.2, -0.15) is 0 Å². The Hall–Kier alpha value is -1.06. The molecule has 3 fully saturated rings. The molecule has 21 heavy (non-hydrogen) atoms. The number of carbonyl (C=O) groups is 2. The van der Waals surface area contributed by atoms with Crippen LogP contribution in [0.15, 0.2) is 0 Å². The first kappa shape index (κ1) is 14.9. The molecule has 3 rings (SSSR count). The molecule has 2 aliphatic carbocycles. The van der Waals surface area contributed by atoms with E-state index >= 15 is 0 Å². The summed E-state index contributed by atoms with van der Waals surface area (Å²) in [4.78, 5) is 23.6. The molecular weight excluding hydrogens is 268 g/mol. The van der Waals surface area contributed by atoms with E-state index in [1.54, 1.807) is 0 Å². The molecular formula is C17H26O4. The number of hydrogen-bond donors (Lipinski definition) is 1. The van der Waals surface area contributed by atoms with E-state index in [1.165, 1.54) is 0 Å². The number of hydrogen-bond acceptors (Lipinski definition) is 3. The molecule has 0 aromatic carbocycles. The second-order valence-electron chi connectivity index (χ2n) is 8.05. The van der Waals surface area contributed by atoms with Gasteiger partial charge in [0, 0.05) is 12.3 Å². The lowest BCUT2D eigenvalue weighted by molar-refractivity contribution is -0.220. The van der Waals surface area contributed by atoms with Crippen LogP contribution in [0, 0.1) is 22.7 Å². The Morgan fingerprint density at radius 1 is 1.14 bits per heavy atom. The predicted octanol–water partition coefficient (Wildman–Crippen LogP) is 3.39. The van der Waals surface area contributed by atoms with E-state index in [-0.39, 0.29) is 17.3 Å². The molecule has 1 N–H and O–H groups in total. The minimum atomic E-state index is -0.658. The zero-order valence-corrected chi connectivity index (χ0v) is 13.3. The van der Waals surface area contributed by atoms with Crippen molar-refractivity contribution in [3.05, 3.63) is 0 Å². The maximum atomic E-state index is 11.9. The lowest BCUT2D eigenvalue weighted by Gasteiger charge is -2.62. The second kappa shape index (κ2) is 4.47. The molecule has 0 unspecified atom stereocenters. The summed E-state index contributed by atoms with van der Waals surface area (Å²) >= 11 is 0. The Labute approximate surface area is 126 Å². The molecule has 5 atom stereocenters. The topological polar surface area (TPSA) is 63.6 Å². The van der Waals surface area contributed by atoms with Crippen molar-refractivity contribution < 1.29 is 19.4 Å². The summed E-state index contributed by atoms with van der Waals surface area (Å²) in [7, 11) is 0. The number of esters is 1. The maximum Gasteiger partial charge on any atom is 0.309 e. The number of fused-ring (bicyclic) bond motifs is 3. The minimum Gasteiger partial charge on any atom is -0.481 e. The third-order valence-electron chi connectivity index (χ3n) is 6.91. The molecule has 118 valence electrons. The van der Waals surface area contributed by atoms with Crippen LogP contribution in [-0.2, 0) is 14.3 Å². The lowest BCUT2D eigenvalue weighted by atomic mass is 9.44. The van der Waals surface area contributed by atoms with Crippen LogP contribution in [0.25, 0.3) is 0 Å². The van der Waals surface area contributed by atoms with Crippen molar-refractivity contribution in [2.24, 2.45) is 22.7 Å². The average molecular weight is 294 g/mol. The van der Waals surface area contributed by atoms with E-state index in [0.29, 0.717) is 12.3 Å². The molecule has 2 saturated carbocycles. The fraction of sp³-hybridized carbons (Fsp3) is 0.882. The van der Waals surface area contributed by atoms with Crippen LogP contribution in [0.2, 0.25) is 0 Å². The van der Waals surface area contributed by atoms with Gasteiger partial charge in [-0.15, -0.1) is 0 Å². The number of carbonyl (C=O) groups excluding carboxylic acids is 1. The van der Waals surface area contributed by atoms with Crippen molar-refractivity contribution in [3.63, 3.8) is 0 Å². The van der Waals surface area contributed by atoms with Gasteiger partial charge in [0.05, 0.1) is 5.41 Å². The number of aliphatic carboxylic acids is 1. The Morgan fingerprint density at radius 3 is 2.52 bits per heavy atom. The fourth-order valence-electron chi connectivity index (χ4n) is 5.87. The van der Waals surface area contributed by atoms with Gasteiger partial charge in [-0.3, -0.25) is 9.59 Å². The van der Waals surface area contributed by atoms with Gasteiger partial charge in [-0.05, 0) is 57.3 Å². The summed E-state index contributed by atoms with van der Waals surface area (Å²) in [6.07, 6.45) is 5.75. The monoisotopic (exact) mass is 294 g/mol. The average Bonchev–Trinajstić information content (AvgIpc) is 2.36. The van der Waals surface area contributed by atoms with E-state index in [2.05, 4.69) is 13.8 Å². The number of ether oxygens (including phenoxy) is 1. The molecule has 0 radical (unpaired) electrons. The van der Waals surface area contributed by atoms with Gasteiger partial charge in [0.15, 0.2) is 0 Å². The molecule has 0 aromatic heterocycles. The molecule has 4 heteroatoms. The van der Waals surface area contributed by atoms with E-state index < -0.39 is 17.0 Å². The second-order valence-corrected chi connectivity index (χ2v) is 8.05. The van der Waals surface area contributed by atoms with Gasteiger partial charge in [0.1, 0.15) is 5.60 Å². The lowest BCUT2D eigenvalue weighted by Crippen LogP contribution is -2.62. The van der Waals surface area contributed by atoms with Crippen molar-refractivity contribution in [2.45, 2.75) is 71.3 Å². The van der Waals surface area contributed by atoms with E-state index in [0.717, 1.165) is 38.5 Å². The minimum absolute atomic E-state index is 0.0287. The first-order chi connectivity index (χ1) is 9.72. The molecule has 4 nitrogen and oxygen atoms in total. The number of carboxylic acid groups (broad SMARTS) is 1. The van der Waals surface area contributed by atoms with Crippen molar-refractivity contribution in [1.29, 1.82) is 0 Å². The smallest absolute Gasteiger partial charge is 0.309 e.